The summed E-state index contributed by atoms with van der Waals surface area (Å²) in [5, 5.41) is 7.39. The van der Waals surface area contributed by atoms with Gasteiger partial charge in [0.2, 0.25) is 0 Å². The molecule has 5 heteroatoms. The maximum Gasteiger partial charge on any atom is 0.195 e. The van der Waals surface area contributed by atoms with Crippen molar-refractivity contribution in [3.63, 3.8) is 0 Å². The standard InChI is InChI=1S/C13H23N3OS/c1-17-10-9-16-12(14-15-13(16)18)11-7-5-3-2-4-6-8-11/h11H,2-10H2,1H3,(H,15,18). The van der Waals surface area contributed by atoms with E-state index in [-0.39, 0.29) is 0 Å². The fraction of sp³-hybridized carbons (Fsp3) is 0.846. The molecule has 102 valence electrons. The van der Waals surface area contributed by atoms with Gasteiger partial charge in [0.05, 0.1) is 6.61 Å². The molecular formula is C13H23N3OS. The topological polar surface area (TPSA) is 42.8 Å². The van der Waals surface area contributed by atoms with Crippen molar-refractivity contribution in [1.29, 1.82) is 0 Å². The van der Waals surface area contributed by atoms with Gasteiger partial charge in [-0.15, -0.1) is 0 Å². The average Bonchev–Trinajstić information content (AvgIpc) is 2.68. The van der Waals surface area contributed by atoms with Crippen LogP contribution in [0.25, 0.3) is 0 Å². The third-order valence-corrected chi connectivity index (χ3v) is 4.09. The lowest BCUT2D eigenvalue weighted by Crippen LogP contribution is -2.13. The van der Waals surface area contributed by atoms with Crippen LogP contribution in [-0.4, -0.2) is 28.5 Å². The lowest BCUT2D eigenvalue weighted by Gasteiger charge is -2.19. The maximum absolute atomic E-state index is 5.31. The summed E-state index contributed by atoms with van der Waals surface area (Å²) < 4.78 is 7.99. The van der Waals surface area contributed by atoms with Crippen molar-refractivity contribution in [3.05, 3.63) is 10.6 Å². The number of methoxy groups -OCH3 is 1. The fourth-order valence-corrected chi connectivity index (χ4v) is 2.98. The van der Waals surface area contributed by atoms with Gasteiger partial charge in [-0.05, 0) is 25.1 Å². The van der Waals surface area contributed by atoms with Crippen LogP contribution >= 0.6 is 12.2 Å². The van der Waals surface area contributed by atoms with Crippen molar-refractivity contribution in [2.24, 2.45) is 0 Å². The Kier molecular flexibility index (Phi) is 5.38. The molecule has 1 fully saturated rings. The minimum Gasteiger partial charge on any atom is -0.383 e. The van der Waals surface area contributed by atoms with Crippen LogP contribution in [0, 0.1) is 4.77 Å². The molecule has 0 aromatic carbocycles. The van der Waals surface area contributed by atoms with Gasteiger partial charge in [0.15, 0.2) is 4.77 Å². The molecule has 0 bridgehead atoms. The molecule has 18 heavy (non-hydrogen) atoms. The molecule has 2 rings (SSSR count). The lowest BCUT2D eigenvalue weighted by molar-refractivity contribution is 0.185. The Morgan fingerprint density at radius 3 is 2.61 bits per heavy atom. The van der Waals surface area contributed by atoms with E-state index in [0.29, 0.717) is 12.5 Å². The van der Waals surface area contributed by atoms with E-state index in [1.807, 2.05) is 0 Å². The second-order valence-corrected chi connectivity index (χ2v) is 5.46. The van der Waals surface area contributed by atoms with Gasteiger partial charge in [-0.3, -0.25) is 5.10 Å². The zero-order chi connectivity index (χ0) is 12.8. The molecule has 4 nitrogen and oxygen atoms in total. The quantitative estimate of drug-likeness (QED) is 0.852. The predicted molar refractivity (Wildman–Crippen MR) is 74.3 cm³/mol. The van der Waals surface area contributed by atoms with E-state index < -0.39 is 0 Å². The maximum atomic E-state index is 5.31. The van der Waals surface area contributed by atoms with E-state index in [1.54, 1.807) is 7.11 Å². The van der Waals surface area contributed by atoms with Crippen LogP contribution in [0.4, 0.5) is 0 Å². The highest BCUT2D eigenvalue weighted by Gasteiger charge is 2.19. The number of aromatic nitrogens is 3. The highest BCUT2D eigenvalue weighted by atomic mass is 32.1. The molecule has 1 aliphatic carbocycles. The van der Waals surface area contributed by atoms with Crippen molar-refractivity contribution in [2.45, 2.75) is 57.4 Å². The second-order valence-electron chi connectivity index (χ2n) is 5.07. The molecule has 0 unspecified atom stereocenters. The molecule has 1 saturated carbocycles. The minimum absolute atomic E-state index is 0.565. The largest absolute Gasteiger partial charge is 0.383 e. The number of nitrogens with zero attached hydrogens (tertiary/aromatic N) is 2. The molecule has 0 aliphatic heterocycles. The number of aromatic amines is 1. The summed E-state index contributed by atoms with van der Waals surface area (Å²) in [5.41, 5.74) is 0. The molecule has 0 saturated heterocycles. The molecule has 1 aromatic heterocycles. The number of rotatable bonds is 4. The normalized spacial score (nSPS) is 18.5. The van der Waals surface area contributed by atoms with Crippen molar-refractivity contribution >= 4 is 12.2 Å². The SMILES string of the molecule is COCCn1c(C2CCCCCCC2)n[nH]c1=S. The van der Waals surface area contributed by atoms with E-state index in [0.717, 1.165) is 17.1 Å². The Balaban J connectivity index is 2.12. The molecule has 0 amide bonds. The molecule has 1 aliphatic rings. The molecular weight excluding hydrogens is 246 g/mol. The van der Waals surface area contributed by atoms with E-state index in [9.17, 15) is 0 Å². The van der Waals surface area contributed by atoms with E-state index >= 15 is 0 Å². The van der Waals surface area contributed by atoms with Gasteiger partial charge in [-0.25, -0.2) is 0 Å². The Morgan fingerprint density at radius 1 is 1.28 bits per heavy atom. The van der Waals surface area contributed by atoms with Gasteiger partial charge in [0, 0.05) is 19.6 Å². The van der Waals surface area contributed by atoms with E-state index in [2.05, 4.69) is 14.8 Å². The summed E-state index contributed by atoms with van der Waals surface area (Å²) in [7, 11) is 1.72. The smallest absolute Gasteiger partial charge is 0.195 e. The summed E-state index contributed by atoms with van der Waals surface area (Å²) >= 11 is 5.31. The highest BCUT2D eigenvalue weighted by molar-refractivity contribution is 7.71. The first-order chi connectivity index (χ1) is 8.83. The van der Waals surface area contributed by atoms with Crippen LogP contribution < -0.4 is 0 Å². The summed E-state index contributed by atoms with van der Waals surface area (Å²) in [4.78, 5) is 0. The number of hydrogen-bond donors (Lipinski definition) is 1. The molecule has 0 spiro atoms. The minimum atomic E-state index is 0.565. The lowest BCUT2D eigenvalue weighted by atomic mass is 9.90. The number of H-pyrrole nitrogens is 1. The third kappa shape index (κ3) is 3.42. The first-order valence-electron chi connectivity index (χ1n) is 6.97. The van der Waals surface area contributed by atoms with Crippen molar-refractivity contribution in [2.75, 3.05) is 13.7 Å². The molecule has 1 heterocycles. The van der Waals surface area contributed by atoms with Crippen LogP contribution in [0.15, 0.2) is 0 Å². The average molecular weight is 269 g/mol. The fourth-order valence-electron chi connectivity index (χ4n) is 2.75. The van der Waals surface area contributed by atoms with Gasteiger partial charge in [0.25, 0.3) is 0 Å². The Labute approximate surface area is 114 Å². The van der Waals surface area contributed by atoms with E-state index in [1.165, 1.54) is 44.9 Å². The first-order valence-corrected chi connectivity index (χ1v) is 7.38. The van der Waals surface area contributed by atoms with Crippen LogP contribution in [0.1, 0.15) is 56.7 Å². The van der Waals surface area contributed by atoms with E-state index in [4.69, 9.17) is 17.0 Å². The number of ether oxygens (including phenoxy) is 1. The van der Waals surface area contributed by atoms with Crippen LogP contribution in [0.2, 0.25) is 0 Å². The summed E-state index contributed by atoms with van der Waals surface area (Å²) in [6.07, 6.45) is 9.23. The third-order valence-electron chi connectivity index (χ3n) is 3.78. The van der Waals surface area contributed by atoms with Crippen molar-refractivity contribution < 1.29 is 4.74 Å². The van der Waals surface area contributed by atoms with Crippen molar-refractivity contribution in [3.8, 4) is 0 Å². The van der Waals surface area contributed by atoms with Gasteiger partial charge in [-0.1, -0.05) is 32.1 Å². The zero-order valence-corrected chi connectivity index (χ0v) is 12.0. The molecule has 1 N–H and O–H groups in total. The molecule has 1 aromatic rings. The second kappa shape index (κ2) is 7.04. The molecule has 0 radical (unpaired) electrons. The Morgan fingerprint density at radius 2 is 1.94 bits per heavy atom. The number of nitrogens with one attached hydrogen (secondary N) is 1. The highest BCUT2D eigenvalue weighted by Crippen LogP contribution is 2.29. The van der Waals surface area contributed by atoms with Crippen LogP contribution in [-0.2, 0) is 11.3 Å². The van der Waals surface area contributed by atoms with Gasteiger partial charge < -0.3 is 9.30 Å². The Hall–Kier alpha value is -0.680. The van der Waals surface area contributed by atoms with Gasteiger partial charge >= 0.3 is 0 Å². The summed E-state index contributed by atoms with van der Waals surface area (Å²) in [6, 6.07) is 0. The van der Waals surface area contributed by atoms with Crippen molar-refractivity contribution in [1.82, 2.24) is 14.8 Å². The van der Waals surface area contributed by atoms with Gasteiger partial charge in [0.1, 0.15) is 5.82 Å². The molecule has 0 atom stereocenters. The number of hydrogen-bond acceptors (Lipinski definition) is 3. The van der Waals surface area contributed by atoms with Gasteiger partial charge in [-0.2, -0.15) is 5.10 Å². The monoisotopic (exact) mass is 269 g/mol. The summed E-state index contributed by atoms with van der Waals surface area (Å²) in [5.74, 6) is 1.70. The summed E-state index contributed by atoms with van der Waals surface area (Å²) in [6.45, 7) is 1.49. The zero-order valence-electron chi connectivity index (χ0n) is 11.2. The Bertz CT molecular complexity index is 405. The predicted octanol–water partition coefficient (Wildman–Crippen LogP) is 3.41. The van der Waals surface area contributed by atoms with Crippen LogP contribution in [0.3, 0.4) is 0 Å². The van der Waals surface area contributed by atoms with Crippen LogP contribution in [0.5, 0.6) is 0 Å². The first kappa shape index (κ1) is 13.7.